The van der Waals surface area contributed by atoms with Crippen LogP contribution in [-0.4, -0.2) is 47.6 Å². The van der Waals surface area contributed by atoms with Crippen LogP contribution in [0.3, 0.4) is 0 Å². The first-order chi connectivity index (χ1) is 8.43. The number of anilines is 1. The molecule has 1 aromatic heterocycles. The van der Waals surface area contributed by atoms with Gasteiger partial charge >= 0.3 is 5.97 Å². The zero-order chi connectivity index (χ0) is 13.7. The number of aryl methyl sites for hydroxylation is 1. The predicted molar refractivity (Wildman–Crippen MR) is 72.2 cm³/mol. The molecule has 1 atom stereocenters. The van der Waals surface area contributed by atoms with Crippen LogP contribution in [0.2, 0.25) is 0 Å². The molecule has 0 bridgehead atoms. The highest BCUT2D eigenvalue weighted by atomic mass is 16.4. The van der Waals surface area contributed by atoms with E-state index in [1.54, 1.807) is 12.1 Å². The molecular weight excluding hydrogens is 230 g/mol. The number of carbonyl (C=O) groups is 1. The van der Waals surface area contributed by atoms with E-state index in [0.29, 0.717) is 11.9 Å². The maximum atomic E-state index is 11.0. The number of carboxylic acids is 1. The average molecular weight is 251 g/mol. The van der Waals surface area contributed by atoms with Crippen LogP contribution in [-0.2, 0) is 6.42 Å². The lowest BCUT2D eigenvalue weighted by molar-refractivity contribution is 0.0696. The van der Waals surface area contributed by atoms with Gasteiger partial charge in [-0.2, -0.15) is 0 Å². The van der Waals surface area contributed by atoms with E-state index in [1.807, 2.05) is 21.0 Å². The predicted octanol–water partition coefficient (Wildman–Crippen LogP) is 1.70. The van der Waals surface area contributed by atoms with Gasteiger partial charge in [0, 0.05) is 18.3 Å². The van der Waals surface area contributed by atoms with Gasteiger partial charge in [0.2, 0.25) is 0 Å². The van der Waals surface area contributed by atoms with E-state index in [-0.39, 0.29) is 5.56 Å². The topological polar surface area (TPSA) is 65.5 Å². The smallest absolute Gasteiger partial charge is 0.335 e. The molecule has 1 heterocycles. The van der Waals surface area contributed by atoms with Crippen molar-refractivity contribution in [3.8, 4) is 0 Å². The second-order valence-corrected chi connectivity index (χ2v) is 4.58. The molecule has 5 heteroatoms. The quantitative estimate of drug-likeness (QED) is 0.805. The van der Waals surface area contributed by atoms with Crippen molar-refractivity contribution in [2.24, 2.45) is 0 Å². The minimum absolute atomic E-state index is 0.279. The Hall–Kier alpha value is -1.62. The number of nitrogens with one attached hydrogen (secondary N) is 1. The highest BCUT2D eigenvalue weighted by Crippen LogP contribution is 2.11. The first-order valence-corrected chi connectivity index (χ1v) is 6.08. The lowest BCUT2D eigenvalue weighted by atomic mass is 10.2. The van der Waals surface area contributed by atoms with Crippen LogP contribution in [0.5, 0.6) is 0 Å². The van der Waals surface area contributed by atoms with Crippen molar-refractivity contribution in [3.63, 3.8) is 0 Å². The largest absolute Gasteiger partial charge is 0.478 e. The molecule has 0 saturated heterocycles. The molecule has 0 aromatic carbocycles. The Kier molecular flexibility index (Phi) is 5.09. The number of hydrogen-bond acceptors (Lipinski definition) is 4. The molecule has 0 spiro atoms. The second kappa shape index (κ2) is 6.35. The molecule has 0 fully saturated rings. The summed E-state index contributed by atoms with van der Waals surface area (Å²) in [5, 5.41) is 12.2. The monoisotopic (exact) mass is 251 g/mol. The van der Waals surface area contributed by atoms with Crippen LogP contribution in [0, 0.1) is 0 Å². The summed E-state index contributed by atoms with van der Waals surface area (Å²) in [5.74, 6) is -0.295. The van der Waals surface area contributed by atoms with Crippen LogP contribution in [0.4, 0.5) is 5.82 Å². The summed E-state index contributed by atoms with van der Waals surface area (Å²) in [6.07, 6.45) is 0.721. The fourth-order valence-corrected chi connectivity index (χ4v) is 1.42. The maximum Gasteiger partial charge on any atom is 0.335 e. The molecule has 2 N–H and O–H groups in total. The van der Waals surface area contributed by atoms with E-state index in [1.165, 1.54) is 0 Å². The van der Waals surface area contributed by atoms with Gasteiger partial charge in [-0.3, -0.25) is 0 Å². The molecule has 100 valence electrons. The van der Waals surface area contributed by atoms with Crippen molar-refractivity contribution in [3.05, 3.63) is 23.4 Å². The summed E-state index contributed by atoms with van der Waals surface area (Å²) in [4.78, 5) is 17.5. The van der Waals surface area contributed by atoms with Gasteiger partial charge in [0.1, 0.15) is 5.82 Å². The number of likely N-dealkylation sites (N-methyl/N-ethyl adjacent to an activating group) is 1. The molecule has 18 heavy (non-hydrogen) atoms. The summed E-state index contributed by atoms with van der Waals surface area (Å²) in [5.41, 5.74) is 1.07. The Morgan fingerprint density at radius 1 is 1.50 bits per heavy atom. The third kappa shape index (κ3) is 4.00. The van der Waals surface area contributed by atoms with E-state index in [4.69, 9.17) is 5.11 Å². The summed E-state index contributed by atoms with van der Waals surface area (Å²) >= 11 is 0. The number of nitrogens with zero attached hydrogens (tertiary/aromatic N) is 2. The highest BCUT2D eigenvalue weighted by molar-refractivity contribution is 5.88. The molecule has 0 radical (unpaired) electrons. The fraction of sp³-hybridized carbons (Fsp3) is 0.538. The average Bonchev–Trinajstić information content (AvgIpc) is 2.35. The van der Waals surface area contributed by atoms with Crippen molar-refractivity contribution < 1.29 is 9.90 Å². The first-order valence-electron chi connectivity index (χ1n) is 6.08. The normalized spacial score (nSPS) is 12.5. The zero-order valence-electron chi connectivity index (χ0n) is 11.4. The third-order valence-electron chi connectivity index (χ3n) is 2.95. The standard InChI is InChI=1S/C13H21N3O2/c1-5-11-6-10(13(17)18)7-12(15-11)14-8-9(2)16(3)4/h6-7,9H,5,8H2,1-4H3,(H,14,15)(H,17,18). The Labute approximate surface area is 108 Å². The van der Waals surface area contributed by atoms with Gasteiger partial charge in [0.25, 0.3) is 0 Å². The zero-order valence-corrected chi connectivity index (χ0v) is 11.4. The van der Waals surface area contributed by atoms with Crippen LogP contribution in [0.1, 0.15) is 29.9 Å². The minimum Gasteiger partial charge on any atom is -0.478 e. The molecule has 5 nitrogen and oxygen atoms in total. The van der Waals surface area contributed by atoms with Crippen LogP contribution < -0.4 is 5.32 Å². The molecule has 0 aliphatic rings. The summed E-state index contributed by atoms with van der Waals surface area (Å²) < 4.78 is 0. The SMILES string of the molecule is CCc1cc(C(=O)O)cc(NCC(C)N(C)C)n1. The van der Waals surface area contributed by atoms with E-state index >= 15 is 0 Å². The van der Waals surface area contributed by atoms with Crippen molar-refractivity contribution in [1.29, 1.82) is 0 Å². The summed E-state index contributed by atoms with van der Waals surface area (Å²) in [6, 6.07) is 3.54. The molecule has 1 rings (SSSR count). The summed E-state index contributed by atoms with van der Waals surface area (Å²) in [6.45, 7) is 4.78. The number of aromatic nitrogens is 1. The molecule has 0 saturated carbocycles. The molecular formula is C13H21N3O2. The van der Waals surface area contributed by atoms with Gasteiger partial charge < -0.3 is 15.3 Å². The van der Waals surface area contributed by atoms with E-state index in [0.717, 1.165) is 18.7 Å². The van der Waals surface area contributed by atoms with Crippen molar-refractivity contribution in [2.45, 2.75) is 26.3 Å². The van der Waals surface area contributed by atoms with Gasteiger partial charge in [-0.15, -0.1) is 0 Å². The number of hydrogen-bond donors (Lipinski definition) is 2. The molecule has 0 aliphatic heterocycles. The lowest BCUT2D eigenvalue weighted by Crippen LogP contribution is -2.31. The molecule has 1 aromatic rings. The number of pyridine rings is 1. The second-order valence-electron chi connectivity index (χ2n) is 4.58. The highest BCUT2D eigenvalue weighted by Gasteiger charge is 2.09. The third-order valence-corrected chi connectivity index (χ3v) is 2.95. The van der Waals surface area contributed by atoms with Crippen molar-refractivity contribution in [2.75, 3.05) is 26.0 Å². The lowest BCUT2D eigenvalue weighted by Gasteiger charge is -2.20. The van der Waals surface area contributed by atoms with Crippen molar-refractivity contribution >= 4 is 11.8 Å². The van der Waals surface area contributed by atoms with Gasteiger partial charge in [-0.25, -0.2) is 9.78 Å². The van der Waals surface area contributed by atoms with E-state index in [2.05, 4.69) is 22.1 Å². The van der Waals surface area contributed by atoms with Crippen molar-refractivity contribution in [1.82, 2.24) is 9.88 Å². The molecule has 1 unspecified atom stereocenters. The number of rotatable bonds is 6. The molecule has 0 amide bonds. The fourth-order valence-electron chi connectivity index (χ4n) is 1.42. The summed E-state index contributed by atoms with van der Waals surface area (Å²) in [7, 11) is 4.01. The Morgan fingerprint density at radius 2 is 2.17 bits per heavy atom. The van der Waals surface area contributed by atoms with Crippen LogP contribution >= 0.6 is 0 Å². The number of aromatic carboxylic acids is 1. The van der Waals surface area contributed by atoms with Crippen LogP contribution in [0.25, 0.3) is 0 Å². The maximum absolute atomic E-state index is 11.0. The molecule has 0 aliphatic carbocycles. The first kappa shape index (κ1) is 14.4. The van der Waals surface area contributed by atoms with Gasteiger partial charge in [-0.1, -0.05) is 6.92 Å². The Balaban J connectivity index is 2.81. The van der Waals surface area contributed by atoms with Gasteiger partial charge in [0.15, 0.2) is 0 Å². The minimum atomic E-state index is -0.921. The van der Waals surface area contributed by atoms with Gasteiger partial charge in [-0.05, 0) is 39.6 Å². The number of carboxylic acid groups (broad SMARTS) is 1. The Morgan fingerprint density at radius 3 is 2.67 bits per heavy atom. The van der Waals surface area contributed by atoms with Gasteiger partial charge in [0.05, 0.1) is 5.56 Å². The van der Waals surface area contributed by atoms with E-state index < -0.39 is 5.97 Å². The van der Waals surface area contributed by atoms with E-state index in [9.17, 15) is 4.79 Å². The van der Waals surface area contributed by atoms with Crippen LogP contribution in [0.15, 0.2) is 12.1 Å². The Bertz CT molecular complexity index is 419.